The molecule has 2 atom stereocenters. The van der Waals surface area contributed by atoms with Gasteiger partial charge in [0.1, 0.15) is 0 Å². The molecule has 2 fully saturated rings. The number of piperazine rings is 1. The first-order chi connectivity index (χ1) is 7.18. The molecule has 2 aliphatic heterocycles. The number of carbonyl (C=O) groups excluding carboxylic acids is 1. The van der Waals surface area contributed by atoms with Crippen LogP contribution in [0.4, 0.5) is 0 Å². The molecule has 1 N–H and O–H groups in total. The fourth-order valence-electron chi connectivity index (χ4n) is 2.04. The molecule has 0 bridgehead atoms. The highest BCUT2D eigenvalue weighted by molar-refractivity contribution is 5.80. The number of ether oxygens (including phenoxy) is 1. The second-order valence-corrected chi connectivity index (χ2v) is 4.34. The molecule has 2 heterocycles. The first kappa shape index (κ1) is 10.9. The standard InChI is InChI=1S/C10H18N2O3/c1-11-2-4-12(5-3-11)10(14)8-6-15-7-9(8)13/h8-9,13H,2-7H2,1H3. The Balaban J connectivity index is 1.90. The van der Waals surface area contributed by atoms with Crippen molar-refractivity contribution in [3.8, 4) is 0 Å². The van der Waals surface area contributed by atoms with E-state index in [1.165, 1.54) is 0 Å². The lowest BCUT2D eigenvalue weighted by atomic mass is 10.0. The predicted octanol–water partition coefficient (Wildman–Crippen LogP) is -1.23. The number of rotatable bonds is 1. The van der Waals surface area contributed by atoms with Gasteiger partial charge in [-0.15, -0.1) is 0 Å². The Bertz CT molecular complexity index is 239. The van der Waals surface area contributed by atoms with Crippen molar-refractivity contribution in [1.82, 2.24) is 9.80 Å². The average molecular weight is 214 g/mol. The monoisotopic (exact) mass is 214 g/mol. The molecule has 5 nitrogen and oxygen atoms in total. The summed E-state index contributed by atoms with van der Waals surface area (Å²) in [4.78, 5) is 16.0. The fraction of sp³-hybridized carbons (Fsp3) is 0.900. The first-order valence-corrected chi connectivity index (χ1v) is 5.41. The van der Waals surface area contributed by atoms with Crippen LogP contribution >= 0.6 is 0 Å². The number of nitrogens with zero attached hydrogens (tertiary/aromatic N) is 2. The van der Waals surface area contributed by atoms with Gasteiger partial charge in [-0.1, -0.05) is 0 Å². The van der Waals surface area contributed by atoms with Crippen LogP contribution in [-0.4, -0.2) is 73.4 Å². The quantitative estimate of drug-likeness (QED) is 0.594. The van der Waals surface area contributed by atoms with Crippen LogP contribution < -0.4 is 0 Å². The normalized spacial score (nSPS) is 33.3. The highest BCUT2D eigenvalue weighted by atomic mass is 16.5. The van der Waals surface area contributed by atoms with Crippen molar-refractivity contribution in [3.63, 3.8) is 0 Å². The van der Waals surface area contributed by atoms with Crippen molar-refractivity contribution in [2.24, 2.45) is 5.92 Å². The highest BCUT2D eigenvalue weighted by Gasteiger charge is 2.35. The van der Waals surface area contributed by atoms with Gasteiger partial charge in [0, 0.05) is 26.2 Å². The van der Waals surface area contributed by atoms with E-state index in [2.05, 4.69) is 11.9 Å². The van der Waals surface area contributed by atoms with Gasteiger partial charge in [0.05, 0.1) is 25.2 Å². The number of aliphatic hydroxyl groups excluding tert-OH is 1. The lowest BCUT2D eigenvalue weighted by Crippen LogP contribution is -2.50. The third-order valence-corrected chi connectivity index (χ3v) is 3.18. The van der Waals surface area contributed by atoms with Crippen molar-refractivity contribution in [2.75, 3.05) is 46.4 Å². The van der Waals surface area contributed by atoms with Gasteiger partial charge < -0.3 is 19.6 Å². The smallest absolute Gasteiger partial charge is 0.230 e. The van der Waals surface area contributed by atoms with Crippen LogP contribution in [0.15, 0.2) is 0 Å². The number of aliphatic hydroxyl groups is 1. The maximum Gasteiger partial charge on any atom is 0.230 e. The lowest BCUT2D eigenvalue weighted by molar-refractivity contribution is -0.139. The van der Waals surface area contributed by atoms with Crippen LogP contribution in [0.3, 0.4) is 0 Å². The van der Waals surface area contributed by atoms with Gasteiger partial charge in [-0.25, -0.2) is 0 Å². The van der Waals surface area contributed by atoms with Crippen molar-refractivity contribution in [3.05, 3.63) is 0 Å². The van der Waals surface area contributed by atoms with Gasteiger partial charge in [-0.05, 0) is 7.05 Å². The minimum Gasteiger partial charge on any atom is -0.390 e. The second-order valence-electron chi connectivity index (χ2n) is 4.34. The molecule has 0 aromatic heterocycles. The minimum atomic E-state index is -0.614. The minimum absolute atomic E-state index is 0.0492. The summed E-state index contributed by atoms with van der Waals surface area (Å²) in [6, 6.07) is 0. The van der Waals surface area contributed by atoms with Crippen molar-refractivity contribution in [1.29, 1.82) is 0 Å². The van der Waals surface area contributed by atoms with Gasteiger partial charge >= 0.3 is 0 Å². The highest BCUT2D eigenvalue weighted by Crippen LogP contribution is 2.17. The van der Waals surface area contributed by atoms with E-state index >= 15 is 0 Å². The van der Waals surface area contributed by atoms with Gasteiger partial charge in [0.25, 0.3) is 0 Å². The summed E-state index contributed by atoms with van der Waals surface area (Å²) in [5.74, 6) is -0.290. The molecule has 2 rings (SSSR count). The molecule has 2 saturated heterocycles. The van der Waals surface area contributed by atoms with Gasteiger partial charge in [0.15, 0.2) is 0 Å². The molecule has 1 amide bonds. The lowest BCUT2D eigenvalue weighted by Gasteiger charge is -2.34. The summed E-state index contributed by atoms with van der Waals surface area (Å²) in [5.41, 5.74) is 0. The van der Waals surface area contributed by atoms with E-state index in [1.54, 1.807) is 0 Å². The van der Waals surface area contributed by atoms with Crippen LogP contribution in [0.1, 0.15) is 0 Å². The van der Waals surface area contributed by atoms with Crippen LogP contribution in [-0.2, 0) is 9.53 Å². The Morgan fingerprint density at radius 2 is 1.93 bits per heavy atom. The molecule has 0 aromatic rings. The van der Waals surface area contributed by atoms with E-state index < -0.39 is 6.10 Å². The molecular weight excluding hydrogens is 196 g/mol. The van der Waals surface area contributed by atoms with Gasteiger partial charge in [0.2, 0.25) is 5.91 Å². The molecule has 2 unspecified atom stereocenters. The number of hydrogen-bond donors (Lipinski definition) is 1. The molecule has 15 heavy (non-hydrogen) atoms. The van der Waals surface area contributed by atoms with E-state index in [1.807, 2.05) is 4.90 Å². The van der Waals surface area contributed by atoms with Crippen molar-refractivity contribution < 1.29 is 14.6 Å². The van der Waals surface area contributed by atoms with Gasteiger partial charge in [-0.3, -0.25) is 4.79 Å². The summed E-state index contributed by atoms with van der Waals surface area (Å²) in [6.07, 6.45) is -0.614. The topological polar surface area (TPSA) is 53.0 Å². The summed E-state index contributed by atoms with van der Waals surface area (Å²) in [6.45, 7) is 4.01. The molecule has 0 aromatic carbocycles. The van der Waals surface area contributed by atoms with E-state index in [9.17, 15) is 9.90 Å². The van der Waals surface area contributed by atoms with Crippen LogP contribution in [0.5, 0.6) is 0 Å². The third kappa shape index (κ3) is 2.30. The fourth-order valence-corrected chi connectivity index (χ4v) is 2.04. The SMILES string of the molecule is CN1CCN(C(=O)C2COCC2O)CC1. The van der Waals surface area contributed by atoms with Crippen LogP contribution in [0, 0.1) is 5.92 Å². The summed E-state index contributed by atoms with van der Waals surface area (Å²) >= 11 is 0. The Kier molecular flexibility index (Phi) is 3.23. The number of likely N-dealkylation sites (N-methyl/N-ethyl adjacent to an activating group) is 1. The van der Waals surface area contributed by atoms with E-state index in [0.29, 0.717) is 13.2 Å². The summed E-state index contributed by atoms with van der Waals surface area (Å²) < 4.78 is 5.09. The molecule has 86 valence electrons. The van der Waals surface area contributed by atoms with E-state index in [-0.39, 0.29) is 11.8 Å². The molecule has 2 aliphatic rings. The van der Waals surface area contributed by atoms with E-state index in [4.69, 9.17) is 4.74 Å². The number of amides is 1. The molecular formula is C10H18N2O3. The molecule has 0 spiro atoms. The Morgan fingerprint density at radius 1 is 1.27 bits per heavy atom. The average Bonchev–Trinajstić information content (AvgIpc) is 2.65. The zero-order chi connectivity index (χ0) is 10.8. The van der Waals surface area contributed by atoms with Crippen molar-refractivity contribution >= 4 is 5.91 Å². The van der Waals surface area contributed by atoms with Crippen LogP contribution in [0.25, 0.3) is 0 Å². The van der Waals surface area contributed by atoms with Crippen LogP contribution in [0.2, 0.25) is 0 Å². The zero-order valence-corrected chi connectivity index (χ0v) is 9.06. The van der Waals surface area contributed by atoms with Gasteiger partial charge in [-0.2, -0.15) is 0 Å². The Hall–Kier alpha value is -0.650. The largest absolute Gasteiger partial charge is 0.390 e. The maximum absolute atomic E-state index is 12.0. The summed E-state index contributed by atoms with van der Waals surface area (Å²) in [7, 11) is 2.05. The molecule has 5 heteroatoms. The first-order valence-electron chi connectivity index (χ1n) is 5.41. The van der Waals surface area contributed by atoms with E-state index in [0.717, 1.165) is 26.2 Å². The Morgan fingerprint density at radius 3 is 2.47 bits per heavy atom. The maximum atomic E-state index is 12.0. The Labute approximate surface area is 89.6 Å². The van der Waals surface area contributed by atoms with Crippen molar-refractivity contribution in [2.45, 2.75) is 6.10 Å². The molecule has 0 aliphatic carbocycles. The number of carbonyl (C=O) groups is 1. The zero-order valence-electron chi connectivity index (χ0n) is 9.06. The third-order valence-electron chi connectivity index (χ3n) is 3.18. The number of hydrogen-bond acceptors (Lipinski definition) is 4. The second kappa shape index (κ2) is 4.47. The molecule has 0 radical (unpaired) electrons. The predicted molar refractivity (Wildman–Crippen MR) is 54.4 cm³/mol. The summed E-state index contributed by atoms with van der Waals surface area (Å²) in [5, 5.41) is 9.56. The molecule has 0 saturated carbocycles.